The molecule has 2 fully saturated rings. The van der Waals surface area contributed by atoms with Crippen LogP contribution in [-0.4, -0.2) is 238 Å². The number of hydrogen-bond acceptors (Lipinski definition) is 19. The molecule has 0 aliphatic carbocycles. The van der Waals surface area contributed by atoms with E-state index in [1.165, 1.54) is 76.5 Å². The summed E-state index contributed by atoms with van der Waals surface area (Å²) in [5.74, 6) is -9.62. The van der Waals surface area contributed by atoms with Crippen molar-refractivity contribution in [2.75, 3.05) is 66.3 Å². The summed E-state index contributed by atoms with van der Waals surface area (Å²) in [6.45, 7) is 5.00. The number of carboxylic acid groups (broad SMARTS) is 1. The number of aliphatic hydroxyl groups excluding tert-OH is 1. The van der Waals surface area contributed by atoms with Crippen LogP contribution in [0.25, 0.3) is 10.9 Å². The lowest BCUT2D eigenvalue weighted by atomic mass is 9.95. The highest BCUT2D eigenvalue weighted by atomic mass is 19.1. The first kappa shape index (κ1) is 104. The third-order valence-electron chi connectivity index (χ3n) is 26.0. The molecule has 6 aliphatic rings. The van der Waals surface area contributed by atoms with E-state index in [-0.39, 0.29) is 134 Å². The predicted octanol–water partition coefficient (Wildman–Crippen LogP) is 8.63. The van der Waals surface area contributed by atoms with E-state index in [1.54, 1.807) is 72.6 Å². The van der Waals surface area contributed by atoms with Crippen molar-refractivity contribution in [3.05, 3.63) is 136 Å². The average molecular weight is 1850 g/mol. The fourth-order valence-corrected chi connectivity index (χ4v) is 18.2. The van der Waals surface area contributed by atoms with E-state index in [0.717, 1.165) is 67.4 Å². The van der Waals surface area contributed by atoms with Gasteiger partial charge in [-0.15, -0.1) is 0 Å². The number of ketones is 2. The van der Waals surface area contributed by atoms with Crippen molar-refractivity contribution in [1.82, 2.24) is 61.8 Å². The molecule has 0 saturated carbocycles. The smallest absolute Gasteiger partial charge is 0.303 e. The summed E-state index contributed by atoms with van der Waals surface area (Å²) in [5, 5.41) is 43.3. The van der Waals surface area contributed by atoms with Gasteiger partial charge in [-0.05, 0) is 149 Å². The number of aromatic nitrogens is 1. The molecule has 32 nitrogen and oxygen atoms in total. The number of carbonyl (C=O) groups excluding carboxylic acids is 13. The molecule has 12 bridgehead atoms. The van der Waals surface area contributed by atoms with Gasteiger partial charge in [0, 0.05) is 134 Å². The molecule has 10 N–H and O–H groups in total. The molecule has 33 heteroatoms. The molecule has 133 heavy (non-hydrogen) atoms. The van der Waals surface area contributed by atoms with E-state index in [4.69, 9.17) is 24.1 Å². The van der Waals surface area contributed by atoms with Gasteiger partial charge in [-0.2, -0.15) is 0 Å². The molecule has 0 radical (unpaired) electrons. The van der Waals surface area contributed by atoms with Crippen LogP contribution in [0.5, 0.6) is 5.75 Å². The number of aliphatic hydroxyl groups is 1. The van der Waals surface area contributed by atoms with E-state index < -0.39 is 144 Å². The van der Waals surface area contributed by atoms with E-state index in [0.29, 0.717) is 116 Å². The van der Waals surface area contributed by atoms with Crippen molar-refractivity contribution >= 4 is 93.4 Å². The van der Waals surface area contributed by atoms with Crippen molar-refractivity contribution in [3.63, 3.8) is 0 Å². The van der Waals surface area contributed by atoms with Crippen molar-refractivity contribution < 1.29 is 101 Å². The van der Waals surface area contributed by atoms with Gasteiger partial charge in [0.25, 0.3) is 0 Å². The van der Waals surface area contributed by atoms with Gasteiger partial charge < -0.3 is 91.0 Å². The molecule has 4 aromatic carbocycles. The zero-order valence-corrected chi connectivity index (χ0v) is 77.9. The summed E-state index contributed by atoms with van der Waals surface area (Å²) in [4.78, 5) is 207. The Labute approximate surface area is 779 Å². The first-order chi connectivity index (χ1) is 64.1. The Morgan fingerprint density at radius 3 is 1.91 bits per heavy atom. The van der Waals surface area contributed by atoms with Crippen molar-refractivity contribution in [1.29, 1.82) is 0 Å². The number of fused-ring (bicyclic) bond motifs is 16. The minimum absolute atomic E-state index is 0.0333. The van der Waals surface area contributed by atoms with Crippen molar-refractivity contribution in [2.45, 2.75) is 319 Å². The van der Waals surface area contributed by atoms with Crippen molar-refractivity contribution in [3.8, 4) is 5.75 Å². The lowest BCUT2D eigenvalue weighted by molar-refractivity contribution is -0.148. The molecule has 1 aromatic heterocycles. The maximum Gasteiger partial charge on any atom is 0.303 e. The molecule has 0 unspecified atom stereocenters. The van der Waals surface area contributed by atoms with Gasteiger partial charge >= 0.3 is 5.97 Å². The third-order valence-corrected chi connectivity index (χ3v) is 26.0. The Morgan fingerprint density at radius 2 is 1.21 bits per heavy atom. The fraction of sp³-hybridized carbons (Fsp3) is 0.600. The number of nitrogens with zero attached hydrogens (tertiary/aromatic N) is 4. The predicted molar refractivity (Wildman–Crippen MR) is 495 cm³/mol. The number of unbranched alkanes of at least 4 members (excludes halogenated alkanes) is 13. The normalized spacial score (nSPS) is 22.7. The van der Waals surface area contributed by atoms with Crippen LogP contribution in [0.2, 0.25) is 0 Å². The zero-order chi connectivity index (χ0) is 95.2. The summed E-state index contributed by atoms with van der Waals surface area (Å²) in [7, 11) is 1.49. The number of methoxy groups -OCH3 is 1. The molecule has 6 aliphatic heterocycles. The number of hydrogen-bond donors (Lipinski definition) is 10. The number of amides is 11. The van der Waals surface area contributed by atoms with Crippen LogP contribution in [-0.2, 0) is 127 Å². The van der Waals surface area contributed by atoms with Gasteiger partial charge in [0.15, 0.2) is 0 Å². The SMILES string of the molecule is COc1ccc(C[C@@H]2NC(=O)[C@H]([C@@H](C)O)NC(=O)[C@@H]3[C@@H]4CCN3C(=O)[C@@H]3Cc5cn(c6ccc(F)cc56)CCCCCCN(Cc5ccc(cc5)CCNC(=O)[C@]5(C)CCCN5C2=O)C(=O)CCC(=O)N[C@@H](C)C(=O)N[C@H](CCC(=O)CCOCCOCCCC(=O)CCCCCCCCCCCCCCCCC(=O)O)C(=O)N[C@@H](Cc2cccc(c2)CNC(=O)CO4)C(=O)N3)cc1. The monoisotopic (exact) mass is 1850 g/mol. The van der Waals surface area contributed by atoms with Gasteiger partial charge in [-0.25, -0.2) is 4.39 Å². The van der Waals surface area contributed by atoms with Crippen LogP contribution in [0.3, 0.4) is 0 Å². The van der Waals surface area contributed by atoms with E-state index >= 15 is 33.2 Å². The second kappa shape index (κ2) is 53.8. The number of ether oxygens (including phenoxy) is 4. The molecule has 0 spiro atoms. The number of carbonyl (C=O) groups is 14. The number of nitrogens with one attached hydrogen (secondary N) is 8. The Hall–Kier alpha value is -11.0. The third kappa shape index (κ3) is 32.9. The number of benzene rings is 4. The Bertz CT molecular complexity index is 4740. The van der Waals surface area contributed by atoms with Crippen molar-refractivity contribution in [2.24, 2.45) is 0 Å². The highest BCUT2D eigenvalue weighted by Gasteiger charge is 2.50. The number of halogens is 1. The van der Waals surface area contributed by atoms with Gasteiger partial charge in [-0.1, -0.05) is 151 Å². The number of Topliss-reactive ketones (excluding diaryl/α,β-unsaturated/α-hetero) is 2. The van der Waals surface area contributed by atoms with Crippen LogP contribution in [0.4, 0.5) is 4.39 Å². The van der Waals surface area contributed by atoms with Crippen LogP contribution >= 0.6 is 0 Å². The zero-order valence-electron chi connectivity index (χ0n) is 77.9. The quantitative estimate of drug-likeness (QED) is 0.0172. The van der Waals surface area contributed by atoms with E-state index in [1.807, 2.05) is 28.8 Å². The fourth-order valence-electron chi connectivity index (χ4n) is 18.2. The molecule has 2 saturated heterocycles. The molecule has 11 rings (SSSR count). The molecule has 7 heterocycles. The number of carboxylic acids is 1. The van der Waals surface area contributed by atoms with Crippen LogP contribution in [0, 0.1) is 5.82 Å². The molecule has 10 atom stereocenters. The minimum atomic E-state index is -1.87. The molecule has 726 valence electrons. The summed E-state index contributed by atoms with van der Waals surface area (Å²) < 4.78 is 41.1. The number of aliphatic carboxylic acids is 1. The van der Waals surface area contributed by atoms with E-state index in [9.17, 15) is 43.5 Å². The molecule has 11 amide bonds. The van der Waals surface area contributed by atoms with Gasteiger partial charge in [0.2, 0.25) is 65.0 Å². The summed E-state index contributed by atoms with van der Waals surface area (Å²) in [6, 6.07) is 13.9. The minimum Gasteiger partial charge on any atom is -0.497 e. The van der Waals surface area contributed by atoms with E-state index in [2.05, 4.69) is 42.5 Å². The molecular weight excluding hydrogens is 1710 g/mol. The van der Waals surface area contributed by atoms with Crippen LogP contribution in [0.1, 0.15) is 247 Å². The lowest BCUT2D eigenvalue weighted by Gasteiger charge is -2.37. The summed E-state index contributed by atoms with van der Waals surface area (Å²) in [5.41, 5.74) is 2.66. The lowest BCUT2D eigenvalue weighted by Crippen LogP contribution is -2.64. The van der Waals surface area contributed by atoms with Gasteiger partial charge in [-0.3, -0.25) is 67.1 Å². The molecular formula is C100H139FN12O20. The number of rotatable bonds is 34. The first-order valence-electron chi connectivity index (χ1n) is 48.2. The Balaban J connectivity index is 0.910. The number of aryl methyl sites for hydroxylation is 1. The van der Waals surface area contributed by atoms with Crippen LogP contribution < -0.4 is 47.3 Å². The topological polar surface area (TPSA) is 427 Å². The maximum atomic E-state index is 16.4. The van der Waals surface area contributed by atoms with Gasteiger partial charge in [0.1, 0.15) is 77.6 Å². The Morgan fingerprint density at radius 1 is 0.564 bits per heavy atom. The summed E-state index contributed by atoms with van der Waals surface area (Å²) in [6.07, 6.45) is 17.0. The second-order valence-corrected chi connectivity index (χ2v) is 36.4. The highest BCUT2D eigenvalue weighted by Crippen LogP contribution is 2.33. The first-order valence-corrected chi connectivity index (χ1v) is 48.2. The second-order valence-electron chi connectivity index (χ2n) is 36.4. The highest BCUT2D eigenvalue weighted by molar-refractivity contribution is 6.00. The Kier molecular flexibility index (Phi) is 42.1. The van der Waals surface area contributed by atoms with Crippen LogP contribution in [0.15, 0.2) is 97.2 Å². The van der Waals surface area contributed by atoms with Gasteiger partial charge in [0.05, 0.1) is 39.1 Å². The average Bonchev–Trinajstić information content (AvgIpc) is 1.63. The largest absolute Gasteiger partial charge is 0.497 e. The maximum absolute atomic E-state index is 16.4. The molecule has 5 aromatic rings. The summed E-state index contributed by atoms with van der Waals surface area (Å²) >= 11 is 0. The standard InChI is InChI=1S/C100H139FN12O20/c1-67-92(122)105-80(41-38-77(116)47-55-132-57-56-131-54-24-29-76(115)28-19-15-13-11-9-7-5-6-8-10-12-14-16-20-30-89(120)121)93(123)106-81-60-72-26-23-27-73(58-72)63-103-87(118)66-133-85-46-53-112-91(85)96(126)109-90(68(2)114)95(125)108-82(59-70-35-39-78(130-4)40-36-70)98(128)113-52-25-48-100(113,3)99(129)102-49-45-69-31-33-71(34-32-69)64-111(88(119)44-43-86(117)104-67)51-22-18-17-21-50-110-65-74(61-83(97(112)127)107-94(81)124)79-62-75(101)37-42-84(79)110/h23,26-27,31-37,39-40,42,58,62,65,67-68,80-83,85,90-91,114H,5-22,24-25,28-30,38,41,43-57,59-61,63-64,66H2,1-4H3,(H,102,129)(H,103,118)(H,104,117)(H,105,122)(H,106,123)(H,107,124)(H,108,125)(H,109,126)(H,120,121)/t67-,68+,80+,81-,82-,83-,85-,90-,91-,100-/m0/s1.